The Morgan fingerprint density at radius 2 is 2.07 bits per heavy atom. The molecule has 0 heterocycles. The number of ketones is 1. The summed E-state index contributed by atoms with van der Waals surface area (Å²) in [6.07, 6.45) is 3.21. The molecule has 0 unspecified atom stereocenters. The quantitative estimate of drug-likeness (QED) is 0.689. The van der Waals surface area contributed by atoms with E-state index in [1.807, 2.05) is 12.1 Å². The molecule has 0 radical (unpaired) electrons. The third-order valence-corrected chi connectivity index (χ3v) is 3.96. The van der Waals surface area contributed by atoms with Crippen LogP contribution in [0.2, 0.25) is 0 Å². The van der Waals surface area contributed by atoms with Gasteiger partial charge in [-0.2, -0.15) is 0 Å². The van der Waals surface area contributed by atoms with Crippen LogP contribution in [0.5, 0.6) is 0 Å². The minimum absolute atomic E-state index is 0.339. The molecule has 14 heavy (non-hydrogen) atoms. The number of rotatable bonds is 0. The number of carbonyl (C=O) groups is 1. The van der Waals surface area contributed by atoms with E-state index in [0.717, 1.165) is 16.5 Å². The Hall–Kier alpha value is -0.630. The Morgan fingerprint density at radius 1 is 1.29 bits per heavy atom. The molecule has 0 amide bonds. The molecule has 1 fully saturated rings. The molecule has 3 aliphatic carbocycles. The van der Waals surface area contributed by atoms with Gasteiger partial charge in [0.2, 0.25) is 0 Å². The zero-order valence-electron chi connectivity index (χ0n) is 7.79. The van der Waals surface area contributed by atoms with Crippen molar-refractivity contribution in [1.29, 1.82) is 0 Å². The molecule has 0 aromatic heterocycles. The van der Waals surface area contributed by atoms with Gasteiger partial charge in [0.1, 0.15) is 0 Å². The van der Waals surface area contributed by atoms with Crippen molar-refractivity contribution in [3.8, 4) is 0 Å². The van der Waals surface area contributed by atoms with Crippen molar-refractivity contribution in [1.82, 2.24) is 0 Å². The molecule has 0 atom stereocenters. The second kappa shape index (κ2) is 2.93. The van der Waals surface area contributed by atoms with E-state index >= 15 is 0 Å². The van der Waals surface area contributed by atoms with E-state index in [-0.39, 0.29) is 0 Å². The predicted octanol–water partition coefficient (Wildman–Crippen LogP) is 3.53. The molecule has 1 aromatic rings. The van der Waals surface area contributed by atoms with Crippen LogP contribution in [0.25, 0.3) is 0 Å². The van der Waals surface area contributed by atoms with Gasteiger partial charge in [-0.15, -0.1) is 0 Å². The van der Waals surface area contributed by atoms with E-state index in [2.05, 4.69) is 22.0 Å². The number of Topliss-reactive ketones (excluding diaryl/α,β-unsaturated/α-hetero) is 1. The van der Waals surface area contributed by atoms with Gasteiger partial charge in [0.05, 0.1) is 0 Å². The van der Waals surface area contributed by atoms with Crippen molar-refractivity contribution in [3.63, 3.8) is 0 Å². The van der Waals surface area contributed by atoms with Gasteiger partial charge in [0.25, 0.3) is 0 Å². The zero-order valence-corrected chi connectivity index (χ0v) is 9.38. The van der Waals surface area contributed by atoms with Crippen molar-refractivity contribution < 1.29 is 4.79 Å². The maximum atomic E-state index is 11.9. The van der Waals surface area contributed by atoms with Crippen LogP contribution in [0.1, 0.15) is 41.1 Å². The number of halogens is 1. The number of fused-ring (bicyclic) bond motifs is 1. The number of carbonyl (C=O) groups excluding carboxylic acids is 1. The smallest absolute Gasteiger partial charge is 0.163 e. The summed E-state index contributed by atoms with van der Waals surface area (Å²) in [6, 6.07) is 6.15. The molecule has 1 nitrogen and oxygen atoms in total. The summed E-state index contributed by atoms with van der Waals surface area (Å²) < 4.78 is 1.02. The molecule has 0 spiro atoms. The van der Waals surface area contributed by atoms with Crippen LogP contribution in [0, 0.1) is 5.92 Å². The average Bonchev–Trinajstić information content (AvgIpc) is 2.30. The second-order valence-electron chi connectivity index (χ2n) is 4.39. The summed E-state index contributed by atoms with van der Waals surface area (Å²) >= 11 is 3.42. The summed E-state index contributed by atoms with van der Waals surface area (Å²) in [5.41, 5.74) is 2.25. The van der Waals surface area contributed by atoms with Crippen LogP contribution >= 0.6 is 15.9 Å². The number of hydrogen-bond acceptors (Lipinski definition) is 1. The van der Waals surface area contributed by atoms with Crippen molar-refractivity contribution in [2.24, 2.45) is 5.92 Å². The third-order valence-electron chi connectivity index (χ3n) is 3.47. The van der Waals surface area contributed by atoms with Gasteiger partial charge in [-0.25, -0.2) is 0 Å². The fourth-order valence-corrected chi connectivity index (χ4v) is 3.02. The Morgan fingerprint density at radius 3 is 2.86 bits per heavy atom. The van der Waals surface area contributed by atoms with Gasteiger partial charge in [0, 0.05) is 16.5 Å². The molecular formula is C12H11BrO. The van der Waals surface area contributed by atoms with Gasteiger partial charge in [-0.05, 0) is 42.4 Å². The summed E-state index contributed by atoms with van der Waals surface area (Å²) in [4.78, 5) is 11.9. The highest BCUT2D eigenvalue weighted by atomic mass is 79.9. The topological polar surface area (TPSA) is 17.1 Å². The molecule has 4 rings (SSSR count). The maximum Gasteiger partial charge on any atom is 0.163 e. The monoisotopic (exact) mass is 250 g/mol. The molecule has 2 bridgehead atoms. The van der Waals surface area contributed by atoms with Crippen LogP contribution in [-0.2, 0) is 0 Å². The first kappa shape index (κ1) is 8.66. The van der Waals surface area contributed by atoms with E-state index in [0.29, 0.717) is 17.6 Å². The van der Waals surface area contributed by atoms with E-state index in [9.17, 15) is 4.79 Å². The number of hydrogen-bond donors (Lipinski definition) is 0. The molecule has 1 aromatic carbocycles. The minimum Gasteiger partial charge on any atom is -0.294 e. The van der Waals surface area contributed by atoms with Crippen molar-refractivity contribution >= 4 is 21.7 Å². The van der Waals surface area contributed by atoms with E-state index in [4.69, 9.17) is 0 Å². The van der Waals surface area contributed by atoms with Gasteiger partial charge in [-0.3, -0.25) is 4.79 Å². The highest BCUT2D eigenvalue weighted by Gasteiger charge is 2.37. The van der Waals surface area contributed by atoms with Gasteiger partial charge < -0.3 is 0 Å². The van der Waals surface area contributed by atoms with E-state index < -0.39 is 0 Å². The van der Waals surface area contributed by atoms with E-state index in [1.165, 1.54) is 18.4 Å². The summed E-state index contributed by atoms with van der Waals surface area (Å²) in [7, 11) is 0. The van der Waals surface area contributed by atoms with Crippen LogP contribution in [0.4, 0.5) is 0 Å². The molecule has 2 heteroatoms. The second-order valence-corrected chi connectivity index (χ2v) is 5.31. The maximum absolute atomic E-state index is 11.9. The largest absolute Gasteiger partial charge is 0.294 e. The van der Waals surface area contributed by atoms with Gasteiger partial charge in [-0.1, -0.05) is 22.0 Å². The predicted molar refractivity (Wildman–Crippen MR) is 58.6 cm³/mol. The SMILES string of the molecule is O=C1CC2CC(C2)c2ccc(Br)cc21. The Kier molecular flexibility index (Phi) is 1.81. The standard InChI is InChI=1S/C12H11BrO/c13-9-1-2-10-8-3-7(4-8)5-12(14)11(10)6-9/h1-2,6-8H,3-5H2. The highest BCUT2D eigenvalue weighted by molar-refractivity contribution is 9.10. The Balaban J connectivity index is 2.17. The summed E-state index contributed by atoms with van der Waals surface area (Å²) in [5, 5.41) is 0. The molecule has 0 aliphatic heterocycles. The lowest BCUT2D eigenvalue weighted by Gasteiger charge is -2.32. The lowest BCUT2D eigenvalue weighted by atomic mass is 9.72. The molecule has 1 saturated carbocycles. The Labute approximate surface area is 91.6 Å². The van der Waals surface area contributed by atoms with Crippen LogP contribution in [0.3, 0.4) is 0 Å². The first-order chi connectivity index (χ1) is 6.74. The molecule has 72 valence electrons. The molecule has 0 N–H and O–H groups in total. The lowest BCUT2D eigenvalue weighted by molar-refractivity contribution is 0.0946. The fraction of sp³-hybridized carbons (Fsp3) is 0.417. The fourth-order valence-electron chi connectivity index (χ4n) is 2.65. The average molecular weight is 251 g/mol. The third kappa shape index (κ3) is 1.17. The molecule has 0 saturated heterocycles. The first-order valence-electron chi connectivity index (χ1n) is 5.06. The van der Waals surface area contributed by atoms with Crippen LogP contribution < -0.4 is 0 Å². The van der Waals surface area contributed by atoms with Crippen LogP contribution in [0.15, 0.2) is 22.7 Å². The molecular weight excluding hydrogens is 240 g/mol. The summed E-state index contributed by atoms with van der Waals surface area (Å²) in [5.74, 6) is 1.67. The normalized spacial score (nSPS) is 29.1. The van der Waals surface area contributed by atoms with E-state index in [1.54, 1.807) is 0 Å². The van der Waals surface area contributed by atoms with Crippen molar-refractivity contribution in [2.45, 2.75) is 25.2 Å². The van der Waals surface area contributed by atoms with Gasteiger partial charge in [0.15, 0.2) is 5.78 Å². The van der Waals surface area contributed by atoms with Crippen LogP contribution in [-0.4, -0.2) is 5.78 Å². The zero-order chi connectivity index (χ0) is 9.71. The van der Waals surface area contributed by atoms with Crippen molar-refractivity contribution in [2.75, 3.05) is 0 Å². The van der Waals surface area contributed by atoms with Gasteiger partial charge >= 0.3 is 0 Å². The highest BCUT2D eigenvalue weighted by Crippen LogP contribution is 2.48. The molecule has 3 aliphatic rings. The summed E-state index contributed by atoms with van der Waals surface area (Å²) in [6.45, 7) is 0. The first-order valence-corrected chi connectivity index (χ1v) is 5.86. The lowest BCUT2D eigenvalue weighted by Crippen LogP contribution is -2.19. The Bertz CT molecular complexity index is 405. The number of benzene rings is 1. The van der Waals surface area contributed by atoms with Crippen molar-refractivity contribution in [3.05, 3.63) is 33.8 Å². The minimum atomic E-state index is 0.339.